The van der Waals surface area contributed by atoms with Crippen LogP contribution in [0.1, 0.15) is 30.3 Å². The van der Waals surface area contributed by atoms with E-state index in [-0.39, 0.29) is 5.91 Å². The molecule has 0 aromatic carbocycles. The van der Waals surface area contributed by atoms with Gasteiger partial charge in [0.1, 0.15) is 0 Å². The summed E-state index contributed by atoms with van der Waals surface area (Å²) in [5, 5.41) is 8.84. The molecule has 0 aliphatic carbocycles. The predicted molar refractivity (Wildman–Crippen MR) is 87.0 cm³/mol. The number of piperidine rings is 1. The van der Waals surface area contributed by atoms with Crippen molar-refractivity contribution in [1.29, 1.82) is 0 Å². The first-order chi connectivity index (χ1) is 10.8. The maximum absolute atomic E-state index is 12.2. The van der Waals surface area contributed by atoms with Crippen molar-refractivity contribution >= 4 is 17.2 Å². The van der Waals surface area contributed by atoms with Gasteiger partial charge in [-0.3, -0.25) is 4.79 Å². The highest BCUT2D eigenvalue weighted by molar-refractivity contribution is 7.13. The van der Waals surface area contributed by atoms with Gasteiger partial charge in [0.05, 0.1) is 4.88 Å². The second-order valence-electron chi connectivity index (χ2n) is 5.67. The number of aromatic nitrogens is 1. The maximum Gasteiger partial charge on any atom is 0.273 e. The number of likely N-dealkylation sites (tertiary alicyclic amines) is 1. The number of hydrogen-bond acceptors (Lipinski definition) is 5. The molecule has 0 bridgehead atoms. The summed E-state index contributed by atoms with van der Waals surface area (Å²) in [7, 11) is 0. The second kappa shape index (κ2) is 7.07. The highest BCUT2D eigenvalue weighted by Gasteiger charge is 2.20. The van der Waals surface area contributed by atoms with Crippen molar-refractivity contribution in [3.8, 4) is 10.6 Å². The Hall–Kier alpha value is -1.66. The topological polar surface area (TPSA) is 58.4 Å². The van der Waals surface area contributed by atoms with Crippen molar-refractivity contribution in [3.05, 3.63) is 29.3 Å². The van der Waals surface area contributed by atoms with Crippen LogP contribution >= 0.6 is 11.3 Å². The Balaban J connectivity index is 1.54. The van der Waals surface area contributed by atoms with E-state index in [0.717, 1.165) is 18.0 Å². The lowest BCUT2D eigenvalue weighted by Crippen LogP contribution is -2.40. The molecule has 3 heterocycles. The van der Waals surface area contributed by atoms with E-state index >= 15 is 0 Å². The summed E-state index contributed by atoms with van der Waals surface area (Å²) in [6.07, 6.45) is 2.39. The fraction of sp³-hybridized carbons (Fsp3) is 0.500. The zero-order valence-electron chi connectivity index (χ0n) is 12.7. The van der Waals surface area contributed by atoms with Gasteiger partial charge < -0.3 is 14.7 Å². The van der Waals surface area contributed by atoms with Crippen molar-refractivity contribution < 1.29 is 9.32 Å². The zero-order valence-corrected chi connectivity index (χ0v) is 13.6. The molecule has 6 heteroatoms. The highest BCUT2D eigenvalue weighted by Crippen LogP contribution is 2.25. The molecule has 5 nitrogen and oxygen atoms in total. The smallest absolute Gasteiger partial charge is 0.273 e. The van der Waals surface area contributed by atoms with Crippen molar-refractivity contribution in [2.24, 2.45) is 5.92 Å². The Bertz CT molecular complexity index is 609. The van der Waals surface area contributed by atoms with E-state index < -0.39 is 0 Å². The molecule has 3 rings (SSSR count). The maximum atomic E-state index is 12.2. The molecule has 1 amide bonds. The van der Waals surface area contributed by atoms with Crippen LogP contribution in [0, 0.1) is 5.92 Å². The Morgan fingerprint density at radius 1 is 1.59 bits per heavy atom. The van der Waals surface area contributed by atoms with E-state index in [4.69, 9.17) is 4.52 Å². The fourth-order valence-corrected chi connectivity index (χ4v) is 3.52. The van der Waals surface area contributed by atoms with Gasteiger partial charge >= 0.3 is 0 Å². The summed E-state index contributed by atoms with van der Waals surface area (Å²) in [5.74, 6) is 1.02. The van der Waals surface area contributed by atoms with Gasteiger partial charge in [0, 0.05) is 19.2 Å². The van der Waals surface area contributed by atoms with Crippen LogP contribution in [0.4, 0.5) is 0 Å². The van der Waals surface area contributed by atoms with Crippen LogP contribution in [0.3, 0.4) is 0 Å². The Kier molecular flexibility index (Phi) is 4.90. The van der Waals surface area contributed by atoms with E-state index in [2.05, 4.69) is 22.3 Å². The van der Waals surface area contributed by atoms with Crippen molar-refractivity contribution in [3.63, 3.8) is 0 Å². The lowest BCUT2D eigenvalue weighted by molar-refractivity contribution is 0.0925. The Morgan fingerprint density at radius 2 is 2.50 bits per heavy atom. The van der Waals surface area contributed by atoms with E-state index in [1.807, 2.05) is 17.5 Å². The van der Waals surface area contributed by atoms with Crippen LogP contribution in [0.2, 0.25) is 0 Å². The number of nitrogens with one attached hydrogen (secondary N) is 1. The number of hydrogen-bond donors (Lipinski definition) is 1. The third-order valence-electron chi connectivity index (χ3n) is 4.11. The van der Waals surface area contributed by atoms with E-state index in [9.17, 15) is 4.79 Å². The minimum Gasteiger partial charge on any atom is -0.355 e. The predicted octanol–water partition coefficient (Wildman–Crippen LogP) is 2.86. The molecule has 118 valence electrons. The molecule has 22 heavy (non-hydrogen) atoms. The van der Waals surface area contributed by atoms with Crippen LogP contribution in [0.25, 0.3) is 10.6 Å². The number of amides is 1. The SMILES string of the molecule is CCN1CCCC(CNC(=O)c2cc(-c3cccs3)on2)C1. The van der Waals surface area contributed by atoms with Gasteiger partial charge in [-0.05, 0) is 43.3 Å². The molecule has 1 aliphatic heterocycles. The number of rotatable bonds is 5. The molecule has 0 spiro atoms. The van der Waals surface area contributed by atoms with E-state index in [1.54, 1.807) is 17.4 Å². The van der Waals surface area contributed by atoms with Crippen molar-refractivity contribution in [1.82, 2.24) is 15.4 Å². The first-order valence-corrected chi connectivity index (χ1v) is 8.65. The van der Waals surface area contributed by atoms with Crippen LogP contribution in [-0.4, -0.2) is 42.1 Å². The highest BCUT2D eigenvalue weighted by atomic mass is 32.1. The molecule has 1 unspecified atom stereocenters. The van der Waals surface area contributed by atoms with Crippen LogP contribution in [0.15, 0.2) is 28.1 Å². The molecule has 0 saturated carbocycles. The number of carbonyl (C=O) groups excluding carboxylic acids is 1. The molecule has 0 radical (unpaired) electrons. The molecule has 2 aromatic heterocycles. The summed E-state index contributed by atoms with van der Waals surface area (Å²) >= 11 is 1.57. The van der Waals surface area contributed by atoms with Gasteiger partial charge in [-0.2, -0.15) is 0 Å². The van der Waals surface area contributed by atoms with Gasteiger partial charge in [0.15, 0.2) is 11.5 Å². The number of nitrogens with zero attached hydrogens (tertiary/aromatic N) is 2. The normalized spacial score (nSPS) is 19.2. The van der Waals surface area contributed by atoms with Crippen molar-refractivity contribution in [2.75, 3.05) is 26.2 Å². The summed E-state index contributed by atoms with van der Waals surface area (Å²) < 4.78 is 5.25. The molecule has 1 saturated heterocycles. The first-order valence-electron chi connectivity index (χ1n) is 7.77. The van der Waals surface area contributed by atoms with Gasteiger partial charge in [-0.25, -0.2) is 0 Å². The third-order valence-corrected chi connectivity index (χ3v) is 4.99. The van der Waals surface area contributed by atoms with Crippen molar-refractivity contribution in [2.45, 2.75) is 19.8 Å². The summed E-state index contributed by atoms with van der Waals surface area (Å²) in [6.45, 7) is 6.21. The van der Waals surface area contributed by atoms with Gasteiger partial charge in [-0.15, -0.1) is 11.3 Å². The molecule has 2 aromatic rings. The fourth-order valence-electron chi connectivity index (χ4n) is 2.85. The van der Waals surface area contributed by atoms with E-state index in [0.29, 0.717) is 23.9 Å². The number of thiophene rings is 1. The standard InChI is InChI=1S/C16H21N3O2S/c1-2-19-7-3-5-12(11-19)10-17-16(20)13-9-14(21-18-13)15-6-4-8-22-15/h4,6,8-9,12H,2-3,5,7,10-11H2,1H3,(H,17,20). The summed E-state index contributed by atoms with van der Waals surface area (Å²) in [4.78, 5) is 15.6. The molecule has 1 aliphatic rings. The number of carbonyl (C=O) groups is 1. The second-order valence-corrected chi connectivity index (χ2v) is 6.61. The molecular formula is C16H21N3O2S. The molecule has 1 N–H and O–H groups in total. The summed E-state index contributed by atoms with van der Waals surface area (Å²) in [6, 6.07) is 5.61. The zero-order chi connectivity index (χ0) is 15.4. The minimum atomic E-state index is -0.153. The average molecular weight is 319 g/mol. The Labute approximate surface area is 134 Å². The van der Waals surface area contributed by atoms with Gasteiger partial charge in [0.25, 0.3) is 5.91 Å². The molecule has 1 fully saturated rings. The lowest BCUT2D eigenvalue weighted by atomic mass is 9.98. The van der Waals surface area contributed by atoms with Gasteiger partial charge in [0.2, 0.25) is 0 Å². The Morgan fingerprint density at radius 3 is 3.27 bits per heavy atom. The van der Waals surface area contributed by atoms with Crippen LogP contribution < -0.4 is 5.32 Å². The van der Waals surface area contributed by atoms with Gasteiger partial charge in [-0.1, -0.05) is 18.1 Å². The summed E-state index contributed by atoms with van der Waals surface area (Å²) in [5.41, 5.74) is 0.353. The largest absolute Gasteiger partial charge is 0.355 e. The van der Waals surface area contributed by atoms with E-state index in [1.165, 1.54) is 19.4 Å². The first kappa shape index (κ1) is 15.2. The average Bonchev–Trinajstić information content (AvgIpc) is 3.23. The quantitative estimate of drug-likeness (QED) is 0.920. The minimum absolute atomic E-state index is 0.153. The molecule has 1 atom stereocenters. The molecular weight excluding hydrogens is 298 g/mol. The van der Waals surface area contributed by atoms with Crippen LogP contribution in [-0.2, 0) is 0 Å². The van der Waals surface area contributed by atoms with Crippen LogP contribution in [0.5, 0.6) is 0 Å². The third kappa shape index (κ3) is 3.56. The lowest BCUT2D eigenvalue weighted by Gasteiger charge is -2.31. The monoisotopic (exact) mass is 319 g/mol.